The first kappa shape index (κ1) is 7.68. The van der Waals surface area contributed by atoms with Crippen molar-refractivity contribution in [3.8, 4) is 0 Å². The highest BCUT2D eigenvalue weighted by Crippen LogP contribution is 2.13. The third-order valence-electron chi connectivity index (χ3n) is 1.46. The molecule has 1 aromatic rings. The van der Waals surface area contributed by atoms with Crippen LogP contribution < -0.4 is 5.46 Å². The van der Waals surface area contributed by atoms with Gasteiger partial charge in [0.2, 0.25) is 0 Å². The molecule has 0 N–H and O–H groups in total. The van der Waals surface area contributed by atoms with E-state index in [2.05, 4.69) is 6.92 Å². The highest BCUT2D eigenvalue weighted by molar-refractivity contribution is 6.36. The highest BCUT2D eigenvalue weighted by atomic mass is 35.5. The van der Waals surface area contributed by atoms with E-state index in [1.54, 1.807) is 6.07 Å². The minimum Gasteiger partial charge on any atom is -0.0952 e. The van der Waals surface area contributed by atoms with Gasteiger partial charge < -0.3 is 0 Å². The van der Waals surface area contributed by atoms with Crippen LogP contribution in [-0.2, 0) is 6.42 Å². The van der Waals surface area contributed by atoms with Gasteiger partial charge in [0.15, 0.2) is 0 Å². The zero-order valence-corrected chi connectivity index (χ0v) is 6.65. The van der Waals surface area contributed by atoms with Crippen LogP contribution in [0.4, 0.5) is 0 Å². The molecule has 0 fully saturated rings. The Balaban J connectivity index is 3.07. The summed E-state index contributed by atoms with van der Waals surface area (Å²) in [5.41, 5.74) is 1.87. The molecule has 50 valence electrons. The molecule has 0 spiro atoms. The predicted molar refractivity (Wildman–Crippen MR) is 46.2 cm³/mol. The second-order valence-corrected chi connectivity index (χ2v) is 2.61. The average molecular weight is 150 g/mol. The van der Waals surface area contributed by atoms with Crippen LogP contribution >= 0.6 is 11.6 Å². The number of hydrogen-bond acceptors (Lipinski definition) is 0. The molecule has 1 aromatic carbocycles. The molecule has 0 atom stereocenters. The summed E-state index contributed by atoms with van der Waals surface area (Å²) >= 11 is 5.85. The van der Waals surface area contributed by atoms with Gasteiger partial charge in [-0.05, 0) is 12.0 Å². The van der Waals surface area contributed by atoms with Gasteiger partial charge in [-0.1, -0.05) is 42.2 Å². The lowest BCUT2D eigenvalue weighted by Gasteiger charge is -2.00. The normalized spacial score (nSPS) is 9.80. The molecule has 0 aliphatic rings. The summed E-state index contributed by atoms with van der Waals surface area (Å²) in [4.78, 5) is 0. The van der Waals surface area contributed by atoms with Crippen LogP contribution in [0.25, 0.3) is 0 Å². The SMILES string of the molecule is [B]c1ccc(CC)c(Cl)c1. The van der Waals surface area contributed by atoms with Crippen LogP contribution in [0.2, 0.25) is 5.02 Å². The van der Waals surface area contributed by atoms with E-state index in [-0.39, 0.29) is 0 Å². The molecular weight excluding hydrogens is 142 g/mol. The van der Waals surface area contributed by atoms with Crippen molar-refractivity contribution >= 4 is 24.9 Å². The Morgan fingerprint density at radius 3 is 2.70 bits per heavy atom. The molecular formula is C8H8BCl. The van der Waals surface area contributed by atoms with Crippen LogP contribution in [0.3, 0.4) is 0 Å². The minimum atomic E-state index is 0.724. The molecule has 0 nitrogen and oxygen atoms in total. The lowest BCUT2D eigenvalue weighted by Crippen LogP contribution is -2.01. The smallest absolute Gasteiger partial charge is 0.0952 e. The summed E-state index contributed by atoms with van der Waals surface area (Å²) in [6.07, 6.45) is 0.957. The lowest BCUT2D eigenvalue weighted by atomic mass is 9.95. The Morgan fingerprint density at radius 1 is 1.50 bits per heavy atom. The Hall–Kier alpha value is -0.425. The number of halogens is 1. The number of benzene rings is 1. The molecule has 0 aromatic heterocycles. The van der Waals surface area contributed by atoms with E-state index in [1.807, 2.05) is 12.1 Å². The van der Waals surface area contributed by atoms with Gasteiger partial charge in [-0.3, -0.25) is 0 Å². The summed E-state index contributed by atoms with van der Waals surface area (Å²) < 4.78 is 0. The fourth-order valence-corrected chi connectivity index (χ4v) is 1.17. The summed E-state index contributed by atoms with van der Waals surface area (Å²) in [6.45, 7) is 2.07. The van der Waals surface area contributed by atoms with E-state index in [1.165, 1.54) is 0 Å². The van der Waals surface area contributed by atoms with E-state index < -0.39 is 0 Å². The molecule has 0 bridgehead atoms. The molecule has 0 aliphatic heterocycles. The maximum atomic E-state index is 5.85. The fraction of sp³-hybridized carbons (Fsp3) is 0.250. The average Bonchev–Trinajstić information content (AvgIpc) is 1.88. The van der Waals surface area contributed by atoms with Crippen LogP contribution in [0.1, 0.15) is 12.5 Å². The molecule has 1 rings (SSSR count). The van der Waals surface area contributed by atoms with Gasteiger partial charge in [-0.2, -0.15) is 0 Å². The standard InChI is InChI=1S/C8H8BCl/c1-2-6-3-4-7(9)5-8(6)10/h3-5H,2H2,1H3. The van der Waals surface area contributed by atoms with Crippen molar-refractivity contribution in [2.24, 2.45) is 0 Å². The molecule has 2 heteroatoms. The van der Waals surface area contributed by atoms with Gasteiger partial charge in [0.1, 0.15) is 7.85 Å². The van der Waals surface area contributed by atoms with E-state index in [0.29, 0.717) is 0 Å². The van der Waals surface area contributed by atoms with E-state index in [9.17, 15) is 0 Å². The molecule has 0 saturated carbocycles. The van der Waals surface area contributed by atoms with Gasteiger partial charge in [0.05, 0.1) is 0 Å². The molecule has 0 heterocycles. The monoisotopic (exact) mass is 150 g/mol. The van der Waals surface area contributed by atoms with Gasteiger partial charge in [0.25, 0.3) is 0 Å². The zero-order chi connectivity index (χ0) is 7.56. The van der Waals surface area contributed by atoms with Crippen LogP contribution in [0, 0.1) is 0 Å². The second-order valence-electron chi connectivity index (χ2n) is 2.20. The fourth-order valence-electron chi connectivity index (χ4n) is 0.850. The van der Waals surface area contributed by atoms with Crippen molar-refractivity contribution in [2.75, 3.05) is 0 Å². The third-order valence-corrected chi connectivity index (χ3v) is 1.81. The Kier molecular flexibility index (Phi) is 2.39. The van der Waals surface area contributed by atoms with E-state index in [4.69, 9.17) is 19.4 Å². The number of hydrogen-bond donors (Lipinski definition) is 0. The maximum absolute atomic E-state index is 5.85. The third kappa shape index (κ3) is 1.54. The van der Waals surface area contributed by atoms with Gasteiger partial charge in [-0.25, -0.2) is 0 Å². The maximum Gasteiger partial charge on any atom is 0.113 e. The van der Waals surface area contributed by atoms with Crippen LogP contribution in [0.5, 0.6) is 0 Å². The van der Waals surface area contributed by atoms with E-state index >= 15 is 0 Å². The zero-order valence-electron chi connectivity index (χ0n) is 5.89. The molecule has 0 saturated heterocycles. The second kappa shape index (κ2) is 3.11. The first-order valence-electron chi connectivity index (χ1n) is 3.28. The van der Waals surface area contributed by atoms with Crippen LogP contribution in [-0.4, -0.2) is 7.85 Å². The van der Waals surface area contributed by atoms with Gasteiger partial charge in [-0.15, -0.1) is 0 Å². The molecule has 10 heavy (non-hydrogen) atoms. The van der Waals surface area contributed by atoms with Crippen molar-refractivity contribution in [3.05, 3.63) is 28.8 Å². The van der Waals surface area contributed by atoms with Gasteiger partial charge >= 0.3 is 0 Å². The van der Waals surface area contributed by atoms with Crippen molar-refractivity contribution in [1.29, 1.82) is 0 Å². The lowest BCUT2D eigenvalue weighted by molar-refractivity contribution is 1.14. The molecule has 0 amide bonds. The van der Waals surface area contributed by atoms with Crippen molar-refractivity contribution in [1.82, 2.24) is 0 Å². The Labute approximate surface area is 67.6 Å². The predicted octanol–water partition coefficient (Wildman–Crippen LogP) is 1.70. The molecule has 0 unspecified atom stereocenters. The number of rotatable bonds is 1. The van der Waals surface area contributed by atoms with Crippen LogP contribution in [0.15, 0.2) is 18.2 Å². The summed E-state index contributed by atoms with van der Waals surface area (Å²) in [6, 6.07) is 5.60. The van der Waals surface area contributed by atoms with Crippen molar-refractivity contribution in [3.63, 3.8) is 0 Å². The highest BCUT2D eigenvalue weighted by Gasteiger charge is 1.95. The number of aryl methyl sites for hydroxylation is 1. The summed E-state index contributed by atoms with van der Waals surface area (Å²) in [5.74, 6) is 0. The Morgan fingerprint density at radius 2 is 2.20 bits per heavy atom. The van der Waals surface area contributed by atoms with E-state index in [0.717, 1.165) is 22.5 Å². The van der Waals surface area contributed by atoms with Crippen molar-refractivity contribution in [2.45, 2.75) is 13.3 Å². The minimum absolute atomic E-state index is 0.724. The quantitative estimate of drug-likeness (QED) is 0.535. The molecule has 2 radical (unpaired) electrons. The first-order chi connectivity index (χ1) is 4.74. The summed E-state index contributed by atoms with van der Waals surface area (Å²) in [7, 11) is 5.50. The summed E-state index contributed by atoms with van der Waals surface area (Å²) in [5, 5.41) is 0.766. The first-order valence-corrected chi connectivity index (χ1v) is 3.65. The largest absolute Gasteiger partial charge is 0.113 e. The van der Waals surface area contributed by atoms with Gasteiger partial charge in [0, 0.05) is 5.02 Å². The molecule has 0 aliphatic carbocycles. The van der Waals surface area contributed by atoms with Crippen molar-refractivity contribution < 1.29 is 0 Å². The topological polar surface area (TPSA) is 0 Å². The Bertz CT molecular complexity index is 233.